The highest BCUT2D eigenvalue weighted by atomic mass is 32.1. The number of hydrogen-bond acceptors (Lipinski definition) is 3. The summed E-state index contributed by atoms with van der Waals surface area (Å²) in [5, 5.41) is 15.9. The highest BCUT2D eigenvalue weighted by molar-refractivity contribution is 7.59. The predicted molar refractivity (Wildman–Crippen MR) is 75.5 cm³/mol. The van der Waals surface area contributed by atoms with Gasteiger partial charge in [0.1, 0.15) is 0 Å². The first kappa shape index (κ1) is 18.0. The van der Waals surface area contributed by atoms with Crippen LogP contribution in [0, 0.1) is 11.8 Å². The summed E-state index contributed by atoms with van der Waals surface area (Å²) in [6.45, 7) is 7.84. The topological polar surface area (TPSA) is 44.3 Å². The Labute approximate surface area is 107 Å². The molecular formula is C10H26N2OS2. The van der Waals surface area contributed by atoms with Crippen LogP contribution in [-0.2, 0) is 0 Å². The van der Waals surface area contributed by atoms with Crippen LogP contribution in [0.5, 0.6) is 0 Å². The molecule has 1 saturated heterocycles. The second-order valence-electron chi connectivity index (χ2n) is 4.30. The maximum Gasteiger partial charge on any atom is 0.0587 e. The van der Waals surface area contributed by atoms with Gasteiger partial charge < -0.3 is 15.7 Å². The van der Waals surface area contributed by atoms with Crippen molar-refractivity contribution in [2.45, 2.75) is 26.3 Å². The van der Waals surface area contributed by atoms with Crippen molar-refractivity contribution < 1.29 is 5.11 Å². The van der Waals surface area contributed by atoms with Gasteiger partial charge in [-0.1, -0.05) is 13.8 Å². The molecule has 0 aliphatic carbocycles. The SMILES string of the molecule is CC(C)[C@@H](CO)NC[C@H]1CCNC1.S.S. The van der Waals surface area contributed by atoms with Gasteiger partial charge in [-0.3, -0.25) is 0 Å². The van der Waals surface area contributed by atoms with Gasteiger partial charge in [0.2, 0.25) is 0 Å². The number of aliphatic hydroxyl groups excluding tert-OH is 1. The van der Waals surface area contributed by atoms with E-state index in [1.54, 1.807) is 0 Å². The molecule has 0 aromatic heterocycles. The molecule has 5 heteroatoms. The van der Waals surface area contributed by atoms with Crippen LogP contribution in [0.2, 0.25) is 0 Å². The van der Waals surface area contributed by atoms with Crippen molar-refractivity contribution >= 4 is 27.0 Å². The lowest BCUT2D eigenvalue weighted by molar-refractivity contribution is 0.206. The van der Waals surface area contributed by atoms with Gasteiger partial charge in [-0.15, -0.1) is 0 Å². The van der Waals surface area contributed by atoms with Crippen molar-refractivity contribution in [2.75, 3.05) is 26.2 Å². The molecule has 1 heterocycles. The molecule has 1 aliphatic rings. The smallest absolute Gasteiger partial charge is 0.0587 e. The van der Waals surface area contributed by atoms with Crippen LogP contribution in [0.15, 0.2) is 0 Å². The Morgan fingerprint density at radius 2 is 2.07 bits per heavy atom. The molecule has 1 rings (SSSR count). The van der Waals surface area contributed by atoms with E-state index >= 15 is 0 Å². The predicted octanol–water partition coefficient (Wildman–Crippen LogP) is 0.428. The Kier molecular flexibility index (Phi) is 11.7. The average molecular weight is 254 g/mol. The molecule has 2 atom stereocenters. The summed E-state index contributed by atoms with van der Waals surface area (Å²) in [7, 11) is 0. The highest BCUT2D eigenvalue weighted by Crippen LogP contribution is 2.07. The highest BCUT2D eigenvalue weighted by Gasteiger charge is 2.17. The van der Waals surface area contributed by atoms with Crippen LogP contribution in [0.4, 0.5) is 0 Å². The second kappa shape index (κ2) is 9.78. The molecule has 0 radical (unpaired) electrons. The average Bonchev–Trinajstić information content (AvgIpc) is 2.57. The summed E-state index contributed by atoms with van der Waals surface area (Å²) >= 11 is 0. The molecule has 15 heavy (non-hydrogen) atoms. The number of hydrogen-bond donors (Lipinski definition) is 3. The van der Waals surface area contributed by atoms with E-state index in [1.165, 1.54) is 6.42 Å². The fourth-order valence-corrected chi connectivity index (χ4v) is 1.72. The first-order valence-electron chi connectivity index (χ1n) is 5.29. The summed E-state index contributed by atoms with van der Waals surface area (Å²) < 4.78 is 0. The van der Waals surface area contributed by atoms with Crippen LogP contribution < -0.4 is 10.6 Å². The van der Waals surface area contributed by atoms with E-state index in [-0.39, 0.29) is 39.6 Å². The molecular weight excluding hydrogens is 228 g/mol. The van der Waals surface area contributed by atoms with Crippen LogP contribution in [0.3, 0.4) is 0 Å². The number of aliphatic hydroxyl groups is 1. The Morgan fingerprint density at radius 1 is 1.40 bits per heavy atom. The van der Waals surface area contributed by atoms with Gasteiger partial charge in [0, 0.05) is 6.04 Å². The number of nitrogens with one attached hydrogen (secondary N) is 2. The molecule has 1 aliphatic heterocycles. The van der Waals surface area contributed by atoms with Crippen molar-refractivity contribution in [3.8, 4) is 0 Å². The molecule has 3 nitrogen and oxygen atoms in total. The van der Waals surface area contributed by atoms with E-state index in [1.807, 2.05) is 0 Å². The lowest BCUT2D eigenvalue weighted by atomic mass is 10.0. The fraction of sp³-hybridized carbons (Fsp3) is 1.00. The quantitative estimate of drug-likeness (QED) is 0.667. The summed E-state index contributed by atoms with van der Waals surface area (Å²) in [5.74, 6) is 1.27. The Bertz CT molecular complexity index is 141. The number of rotatable bonds is 5. The first-order chi connectivity index (χ1) is 6.24. The van der Waals surface area contributed by atoms with Crippen LogP contribution >= 0.6 is 27.0 Å². The standard InChI is InChI=1S/C10H22N2O.2H2S/c1-8(2)10(7-13)12-6-9-3-4-11-5-9;;/h8-13H,3-7H2,1-2H3;2*1H2/t9-,10+;;/m0../s1. The fourth-order valence-electron chi connectivity index (χ4n) is 1.72. The summed E-state index contributed by atoms with van der Waals surface area (Å²) in [5.41, 5.74) is 0. The van der Waals surface area contributed by atoms with E-state index in [0.717, 1.165) is 25.6 Å². The zero-order valence-electron chi connectivity index (χ0n) is 9.71. The van der Waals surface area contributed by atoms with E-state index < -0.39 is 0 Å². The summed E-state index contributed by atoms with van der Waals surface area (Å²) in [6, 6.07) is 0.264. The van der Waals surface area contributed by atoms with E-state index in [4.69, 9.17) is 5.11 Å². The molecule has 0 amide bonds. The van der Waals surface area contributed by atoms with Crippen molar-refractivity contribution in [1.29, 1.82) is 0 Å². The van der Waals surface area contributed by atoms with Crippen molar-refractivity contribution in [1.82, 2.24) is 10.6 Å². The largest absolute Gasteiger partial charge is 0.395 e. The van der Waals surface area contributed by atoms with Gasteiger partial charge in [0.05, 0.1) is 6.61 Å². The third-order valence-corrected chi connectivity index (χ3v) is 2.83. The van der Waals surface area contributed by atoms with Crippen molar-refractivity contribution in [3.63, 3.8) is 0 Å². The molecule has 0 bridgehead atoms. The molecule has 0 unspecified atom stereocenters. The minimum Gasteiger partial charge on any atom is -0.395 e. The molecule has 0 aromatic rings. The van der Waals surface area contributed by atoms with E-state index in [9.17, 15) is 0 Å². The molecule has 0 aromatic carbocycles. The van der Waals surface area contributed by atoms with Crippen LogP contribution in [-0.4, -0.2) is 37.4 Å². The molecule has 3 N–H and O–H groups in total. The monoisotopic (exact) mass is 254 g/mol. The van der Waals surface area contributed by atoms with Gasteiger partial charge in [0.15, 0.2) is 0 Å². The van der Waals surface area contributed by atoms with Crippen LogP contribution in [0.25, 0.3) is 0 Å². The second-order valence-corrected chi connectivity index (χ2v) is 4.30. The van der Waals surface area contributed by atoms with Gasteiger partial charge in [0.25, 0.3) is 0 Å². The Morgan fingerprint density at radius 3 is 2.47 bits per heavy atom. The Balaban J connectivity index is 0. The van der Waals surface area contributed by atoms with E-state index in [2.05, 4.69) is 24.5 Å². The molecule has 0 spiro atoms. The maximum atomic E-state index is 9.09. The van der Waals surface area contributed by atoms with Crippen molar-refractivity contribution in [3.05, 3.63) is 0 Å². The molecule has 0 saturated carbocycles. The third-order valence-electron chi connectivity index (χ3n) is 2.83. The lowest BCUT2D eigenvalue weighted by Crippen LogP contribution is -2.40. The third kappa shape index (κ3) is 6.68. The Hall–Kier alpha value is 0.580. The van der Waals surface area contributed by atoms with Crippen molar-refractivity contribution in [2.24, 2.45) is 11.8 Å². The first-order valence-corrected chi connectivity index (χ1v) is 5.29. The molecule has 1 fully saturated rings. The van der Waals surface area contributed by atoms with Gasteiger partial charge >= 0.3 is 0 Å². The summed E-state index contributed by atoms with van der Waals surface area (Å²) in [6.07, 6.45) is 1.27. The maximum absolute atomic E-state index is 9.09. The minimum absolute atomic E-state index is 0. The van der Waals surface area contributed by atoms with E-state index in [0.29, 0.717) is 5.92 Å². The van der Waals surface area contributed by atoms with Gasteiger partial charge in [-0.25, -0.2) is 0 Å². The zero-order chi connectivity index (χ0) is 9.68. The zero-order valence-corrected chi connectivity index (χ0v) is 11.7. The molecule has 94 valence electrons. The lowest BCUT2D eigenvalue weighted by Gasteiger charge is -2.21. The summed E-state index contributed by atoms with van der Waals surface area (Å²) in [4.78, 5) is 0. The van der Waals surface area contributed by atoms with Gasteiger partial charge in [-0.2, -0.15) is 27.0 Å². The normalized spacial score (nSPS) is 22.0. The minimum atomic E-state index is 0. The van der Waals surface area contributed by atoms with Gasteiger partial charge in [-0.05, 0) is 37.9 Å². The van der Waals surface area contributed by atoms with Crippen LogP contribution in [0.1, 0.15) is 20.3 Å².